The number of hydrogen-bond acceptors (Lipinski definition) is 5. The van der Waals surface area contributed by atoms with E-state index in [1.807, 2.05) is 43.3 Å². The molecule has 0 aliphatic heterocycles. The third-order valence-corrected chi connectivity index (χ3v) is 7.06. The highest BCUT2D eigenvalue weighted by molar-refractivity contribution is 7.92. The number of sulfonamides is 1. The summed E-state index contributed by atoms with van der Waals surface area (Å²) in [6, 6.07) is 20.5. The van der Waals surface area contributed by atoms with Gasteiger partial charge in [0.15, 0.2) is 0 Å². The normalized spacial score (nSPS) is 11.0. The molecule has 3 aromatic rings. The van der Waals surface area contributed by atoms with Crippen molar-refractivity contribution in [3.63, 3.8) is 0 Å². The molecule has 0 aliphatic rings. The summed E-state index contributed by atoms with van der Waals surface area (Å²) >= 11 is 0. The van der Waals surface area contributed by atoms with E-state index in [1.54, 1.807) is 38.4 Å². The monoisotopic (exact) mass is 468 g/mol. The van der Waals surface area contributed by atoms with Gasteiger partial charge in [0.25, 0.3) is 10.0 Å². The lowest BCUT2D eigenvalue weighted by Crippen LogP contribution is -2.41. The number of benzene rings is 3. The average Bonchev–Trinajstić information content (AvgIpc) is 2.83. The molecule has 174 valence electrons. The van der Waals surface area contributed by atoms with E-state index in [4.69, 9.17) is 9.47 Å². The fourth-order valence-electron chi connectivity index (χ4n) is 3.32. The Morgan fingerprint density at radius 3 is 2.12 bits per heavy atom. The largest absolute Gasteiger partial charge is 0.497 e. The predicted octanol–water partition coefficient (Wildman–Crippen LogP) is 3.87. The minimum absolute atomic E-state index is 0.0732. The number of methoxy groups -OCH3 is 2. The number of carbonyl (C=O) groups is 1. The van der Waals surface area contributed by atoms with Gasteiger partial charge in [0.05, 0.1) is 24.8 Å². The van der Waals surface area contributed by atoms with Crippen LogP contribution in [0.1, 0.15) is 11.1 Å². The minimum atomic E-state index is -4.00. The average molecular weight is 469 g/mol. The highest BCUT2D eigenvalue weighted by Gasteiger charge is 2.28. The molecular weight excluding hydrogens is 440 g/mol. The summed E-state index contributed by atoms with van der Waals surface area (Å²) in [6.45, 7) is 1.86. The lowest BCUT2D eigenvalue weighted by atomic mass is 10.2. The molecule has 3 rings (SSSR count). The Labute approximate surface area is 195 Å². The van der Waals surface area contributed by atoms with Crippen LogP contribution in [0.3, 0.4) is 0 Å². The van der Waals surface area contributed by atoms with Crippen LogP contribution in [0.25, 0.3) is 0 Å². The SMILES string of the molecule is COc1ccc(S(=O)(=O)N(CC(=O)N(C)Cc2ccccc2OC)c2ccc(C)cc2)cc1. The molecule has 0 heterocycles. The van der Waals surface area contributed by atoms with E-state index in [0.717, 1.165) is 15.4 Å². The van der Waals surface area contributed by atoms with Gasteiger partial charge in [0.2, 0.25) is 5.91 Å². The topological polar surface area (TPSA) is 76.2 Å². The van der Waals surface area contributed by atoms with Crippen molar-refractivity contribution in [2.45, 2.75) is 18.4 Å². The first-order valence-electron chi connectivity index (χ1n) is 10.4. The van der Waals surface area contributed by atoms with Crippen molar-refractivity contribution in [3.8, 4) is 11.5 Å². The van der Waals surface area contributed by atoms with Crippen LogP contribution in [-0.2, 0) is 21.4 Å². The van der Waals surface area contributed by atoms with Gasteiger partial charge in [0.1, 0.15) is 18.0 Å². The van der Waals surface area contributed by atoms with Crippen molar-refractivity contribution in [2.24, 2.45) is 0 Å². The first-order chi connectivity index (χ1) is 15.8. The zero-order valence-electron chi connectivity index (χ0n) is 19.2. The second kappa shape index (κ2) is 10.4. The summed E-state index contributed by atoms with van der Waals surface area (Å²) < 4.78 is 38.7. The Morgan fingerprint density at radius 1 is 0.879 bits per heavy atom. The number of aryl methyl sites for hydroxylation is 1. The Hall–Kier alpha value is -3.52. The van der Waals surface area contributed by atoms with Gasteiger partial charge in [-0.1, -0.05) is 35.9 Å². The summed E-state index contributed by atoms with van der Waals surface area (Å²) in [4.78, 5) is 14.7. The molecule has 0 atom stereocenters. The third kappa shape index (κ3) is 5.64. The van der Waals surface area contributed by atoms with E-state index in [-0.39, 0.29) is 23.9 Å². The molecule has 8 heteroatoms. The van der Waals surface area contributed by atoms with E-state index in [1.165, 1.54) is 24.1 Å². The van der Waals surface area contributed by atoms with Gasteiger partial charge in [-0.15, -0.1) is 0 Å². The molecule has 0 bridgehead atoms. The maximum absolute atomic E-state index is 13.5. The molecule has 0 fully saturated rings. The van der Waals surface area contributed by atoms with Gasteiger partial charge in [0, 0.05) is 19.2 Å². The van der Waals surface area contributed by atoms with Crippen LogP contribution < -0.4 is 13.8 Å². The lowest BCUT2D eigenvalue weighted by Gasteiger charge is -2.27. The molecule has 0 N–H and O–H groups in total. The first kappa shape index (κ1) is 24.1. The maximum atomic E-state index is 13.5. The van der Waals surface area contributed by atoms with Crippen LogP contribution in [0, 0.1) is 6.92 Å². The summed E-state index contributed by atoms with van der Waals surface area (Å²) in [5.74, 6) is 0.861. The number of likely N-dealkylation sites (N-methyl/N-ethyl adjacent to an activating group) is 1. The first-order valence-corrected chi connectivity index (χ1v) is 11.8. The highest BCUT2D eigenvalue weighted by Crippen LogP contribution is 2.26. The van der Waals surface area contributed by atoms with Gasteiger partial charge in [-0.25, -0.2) is 8.42 Å². The van der Waals surface area contributed by atoms with Crippen molar-refractivity contribution in [1.29, 1.82) is 0 Å². The fourth-order valence-corrected chi connectivity index (χ4v) is 4.74. The zero-order valence-corrected chi connectivity index (χ0v) is 20.0. The summed E-state index contributed by atoms with van der Waals surface area (Å²) in [5.41, 5.74) is 2.23. The van der Waals surface area contributed by atoms with Crippen LogP contribution in [0.2, 0.25) is 0 Å². The van der Waals surface area contributed by atoms with Crippen LogP contribution in [0.4, 0.5) is 5.69 Å². The second-order valence-electron chi connectivity index (χ2n) is 7.58. The minimum Gasteiger partial charge on any atom is -0.497 e. The van der Waals surface area contributed by atoms with E-state index in [2.05, 4.69) is 0 Å². The van der Waals surface area contributed by atoms with Crippen LogP contribution in [-0.4, -0.2) is 47.0 Å². The van der Waals surface area contributed by atoms with Crippen LogP contribution >= 0.6 is 0 Å². The second-order valence-corrected chi connectivity index (χ2v) is 9.45. The summed E-state index contributed by atoms with van der Waals surface area (Å²) in [6.07, 6.45) is 0. The molecule has 0 saturated carbocycles. The Kier molecular flexibility index (Phi) is 7.60. The molecule has 0 spiro atoms. The molecule has 0 radical (unpaired) electrons. The van der Waals surface area contributed by atoms with E-state index in [9.17, 15) is 13.2 Å². The molecule has 7 nitrogen and oxygen atoms in total. The zero-order chi connectivity index (χ0) is 24.0. The number of nitrogens with zero attached hydrogens (tertiary/aromatic N) is 2. The smallest absolute Gasteiger partial charge is 0.264 e. The van der Waals surface area contributed by atoms with E-state index < -0.39 is 10.0 Å². The van der Waals surface area contributed by atoms with Crippen molar-refractivity contribution in [1.82, 2.24) is 4.90 Å². The molecule has 0 unspecified atom stereocenters. The third-order valence-electron chi connectivity index (χ3n) is 5.27. The molecule has 0 saturated heterocycles. The number of anilines is 1. The van der Waals surface area contributed by atoms with Crippen LogP contribution in [0.5, 0.6) is 11.5 Å². The quantitative estimate of drug-likeness (QED) is 0.477. The maximum Gasteiger partial charge on any atom is 0.264 e. The van der Waals surface area contributed by atoms with Crippen molar-refractivity contribution in [3.05, 3.63) is 83.9 Å². The molecule has 1 amide bonds. The van der Waals surface area contributed by atoms with E-state index in [0.29, 0.717) is 17.2 Å². The van der Waals surface area contributed by atoms with E-state index >= 15 is 0 Å². The summed E-state index contributed by atoms with van der Waals surface area (Å²) in [5, 5.41) is 0. The number of rotatable bonds is 9. The highest BCUT2D eigenvalue weighted by atomic mass is 32.2. The number of carbonyl (C=O) groups excluding carboxylic acids is 1. The van der Waals surface area contributed by atoms with Crippen molar-refractivity contribution < 1.29 is 22.7 Å². The summed E-state index contributed by atoms with van der Waals surface area (Å²) in [7, 11) is 0.723. The van der Waals surface area contributed by atoms with Gasteiger partial charge in [-0.2, -0.15) is 0 Å². The Morgan fingerprint density at radius 2 is 1.52 bits per heavy atom. The number of para-hydroxylation sites is 1. The van der Waals surface area contributed by atoms with Gasteiger partial charge >= 0.3 is 0 Å². The standard InChI is InChI=1S/C25H28N2O5S/c1-19-9-11-21(12-10-19)27(33(29,30)23-15-13-22(31-3)14-16-23)18-25(28)26(2)17-20-7-5-6-8-24(20)32-4/h5-16H,17-18H2,1-4H3. The Bertz CT molecular complexity index is 1190. The van der Waals surface area contributed by atoms with Gasteiger partial charge in [-0.05, 0) is 49.4 Å². The lowest BCUT2D eigenvalue weighted by molar-refractivity contribution is -0.128. The Balaban J connectivity index is 1.91. The number of ether oxygens (including phenoxy) is 2. The van der Waals surface area contributed by atoms with Gasteiger partial charge < -0.3 is 14.4 Å². The molecule has 33 heavy (non-hydrogen) atoms. The van der Waals surface area contributed by atoms with Crippen molar-refractivity contribution in [2.75, 3.05) is 32.1 Å². The molecule has 0 aliphatic carbocycles. The van der Waals surface area contributed by atoms with Crippen LogP contribution in [0.15, 0.2) is 77.7 Å². The molecular formula is C25H28N2O5S. The molecule has 3 aromatic carbocycles. The van der Waals surface area contributed by atoms with Crippen molar-refractivity contribution >= 4 is 21.6 Å². The number of hydrogen-bond donors (Lipinski definition) is 0. The predicted molar refractivity (Wildman–Crippen MR) is 128 cm³/mol. The number of amides is 1. The fraction of sp³-hybridized carbons (Fsp3) is 0.240. The molecule has 0 aromatic heterocycles. The van der Waals surface area contributed by atoms with Gasteiger partial charge in [-0.3, -0.25) is 9.10 Å².